The maximum absolute atomic E-state index is 12.8. The maximum Gasteiger partial charge on any atom is 0.416 e. The van der Waals surface area contributed by atoms with E-state index in [4.69, 9.17) is 17.3 Å². The van der Waals surface area contributed by atoms with Gasteiger partial charge in [0.25, 0.3) is 0 Å². The van der Waals surface area contributed by atoms with E-state index >= 15 is 0 Å². The molecule has 1 aromatic heterocycles. The smallest absolute Gasteiger partial charge is 0.347 e. The lowest BCUT2D eigenvalue weighted by molar-refractivity contribution is -0.137. The Labute approximate surface area is 145 Å². The van der Waals surface area contributed by atoms with Crippen molar-refractivity contribution in [1.82, 2.24) is 25.7 Å². The Morgan fingerprint density at radius 1 is 1.44 bits per heavy atom. The third-order valence-corrected chi connectivity index (χ3v) is 4.59. The van der Waals surface area contributed by atoms with Crippen molar-refractivity contribution in [1.29, 1.82) is 0 Å². The predicted molar refractivity (Wildman–Crippen MR) is 85.2 cm³/mol. The van der Waals surface area contributed by atoms with Crippen molar-refractivity contribution in [3.63, 3.8) is 0 Å². The van der Waals surface area contributed by atoms with Gasteiger partial charge in [-0.2, -0.15) is 13.2 Å². The van der Waals surface area contributed by atoms with Crippen LogP contribution in [0.15, 0.2) is 18.2 Å². The van der Waals surface area contributed by atoms with Gasteiger partial charge in [0.1, 0.15) is 11.9 Å². The minimum absolute atomic E-state index is 0.0440. The molecule has 136 valence electrons. The van der Waals surface area contributed by atoms with E-state index in [0.29, 0.717) is 11.3 Å². The van der Waals surface area contributed by atoms with Gasteiger partial charge in [-0.15, -0.1) is 11.6 Å². The number of imidazole rings is 1. The lowest BCUT2D eigenvalue weighted by atomic mass is 10.2. The van der Waals surface area contributed by atoms with Crippen LogP contribution in [0.5, 0.6) is 0 Å². The average molecular weight is 377 g/mol. The molecule has 3 unspecified atom stereocenters. The van der Waals surface area contributed by atoms with Gasteiger partial charge in [-0.05, 0) is 18.2 Å². The first kappa shape index (κ1) is 17.9. The van der Waals surface area contributed by atoms with Crippen LogP contribution in [-0.4, -0.2) is 33.0 Å². The van der Waals surface area contributed by atoms with Crippen molar-refractivity contribution in [3.8, 4) is 0 Å². The van der Waals surface area contributed by atoms with Crippen LogP contribution in [0.4, 0.5) is 13.2 Å². The van der Waals surface area contributed by atoms with Gasteiger partial charge >= 0.3 is 6.18 Å². The zero-order chi connectivity index (χ0) is 18.4. The number of hydrogen-bond donors (Lipinski definition) is 4. The summed E-state index contributed by atoms with van der Waals surface area (Å²) in [5.74, 6) is 0.0348. The largest absolute Gasteiger partial charge is 0.416 e. The van der Waals surface area contributed by atoms with Gasteiger partial charge in [0.2, 0.25) is 5.91 Å². The lowest BCUT2D eigenvalue weighted by Crippen LogP contribution is -2.46. The van der Waals surface area contributed by atoms with Gasteiger partial charge in [0.05, 0.1) is 34.7 Å². The molecule has 3 atom stereocenters. The number of carbonyl (C=O) groups is 1. The van der Waals surface area contributed by atoms with Gasteiger partial charge in [0.15, 0.2) is 0 Å². The first-order valence-electron chi connectivity index (χ1n) is 7.39. The number of halogens is 4. The molecule has 2 aromatic rings. The fourth-order valence-corrected chi connectivity index (χ4v) is 2.86. The number of hydrogen-bond acceptors (Lipinski definition) is 5. The summed E-state index contributed by atoms with van der Waals surface area (Å²) in [6.45, 7) is 0.0440. The lowest BCUT2D eigenvalue weighted by Gasteiger charge is -2.14. The SMILES string of the molecule is Cn1c(CNC(=O)C2NNC(N)C2Cl)nc2cc(C(F)(F)F)ccc21. The van der Waals surface area contributed by atoms with Gasteiger partial charge in [-0.3, -0.25) is 4.79 Å². The van der Waals surface area contributed by atoms with Gasteiger partial charge in [-0.1, -0.05) is 0 Å². The molecule has 1 amide bonds. The number of alkyl halides is 4. The summed E-state index contributed by atoms with van der Waals surface area (Å²) in [4.78, 5) is 16.3. The van der Waals surface area contributed by atoms with E-state index in [0.717, 1.165) is 12.1 Å². The number of aromatic nitrogens is 2. The van der Waals surface area contributed by atoms with E-state index in [1.807, 2.05) is 0 Å². The van der Waals surface area contributed by atoms with Crippen molar-refractivity contribution in [2.45, 2.75) is 30.3 Å². The standard InChI is InChI=1S/C14H16ClF3N6O/c1-24-8-3-2-6(14(16,17)18)4-7(8)21-9(24)5-20-13(25)11-10(15)12(19)23-22-11/h2-4,10-12,22-23H,5,19H2,1H3,(H,20,25). The van der Waals surface area contributed by atoms with Crippen molar-refractivity contribution >= 4 is 28.5 Å². The van der Waals surface area contributed by atoms with E-state index in [9.17, 15) is 18.0 Å². The molecule has 7 nitrogen and oxygen atoms in total. The number of rotatable bonds is 3. The molecule has 3 rings (SSSR count). The fourth-order valence-electron chi connectivity index (χ4n) is 2.62. The summed E-state index contributed by atoms with van der Waals surface area (Å²) in [5.41, 5.74) is 11.0. The van der Waals surface area contributed by atoms with E-state index in [1.165, 1.54) is 6.07 Å². The zero-order valence-corrected chi connectivity index (χ0v) is 13.8. The number of nitrogens with one attached hydrogen (secondary N) is 3. The van der Waals surface area contributed by atoms with E-state index in [-0.39, 0.29) is 18.0 Å². The number of nitrogens with zero attached hydrogens (tertiary/aromatic N) is 2. The Hall–Kier alpha value is -1.88. The summed E-state index contributed by atoms with van der Waals surface area (Å²) in [6, 6.07) is 2.62. The average Bonchev–Trinajstić information content (AvgIpc) is 3.05. The van der Waals surface area contributed by atoms with Crippen LogP contribution in [0.25, 0.3) is 11.0 Å². The van der Waals surface area contributed by atoms with Gasteiger partial charge in [-0.25, -0.2) is 15.8 Å². The maximum atomic E-state index is 12.8. The minimum atomic E-state index is -4.44. The monoisotopic (exact) mass is 376 g/mol. The van der Waals surface area contributed by atoms with E-state index in [2.05, 4.69) is 21.2 Å². The van der Waals surface area contributed by atoms with Gasteiger partial charge < -0.3 is 15.6 Å². The summed E-state index contributed by atoms with van der Waals surface area (Å²) in [6.07, 6.45) is -5.00. The Balaban J connectivity index is 1.75. The third-order valence-electron chi connectivity index (χ3n) is 4.07. The Morgan fingerprint density at radius 3 is 2.76 bits per heavy atom. The molecule has 0 bridgehead atoms. The van der Waals surface area contributed by atoms with Crippen LogP contribution in [-0.2, 0) is 24.6 Å². The number of aryl methyl sites for hydroxylation is 1. The summed E-state index contributed by atoms with van der Waals surface area (Å²) in [5, 5.41) is 2.02. The first-order valence-corrected chi connectivity index (χ1v) is 7.83. The molecule has 1 aliphatic heterocycles. The van der Waals surface area contributed by atoms with Crippen molar-refractivity contribution in [2.24, 2.45) is 12.8 Å². The van der Waals surface area contributed by atoms with E-state index < -0.39 is 29.3 Å². The zero-order valence-electron chi connectivity index (χ0n) is 13.1. The van der Waals surface area contributed by atoms with Gasteiger partial charge in [0, 0.05) is 7.05 Å². The van der Waals surface area contributed by atoms with E-state index in [1.54, 1.807) is 11.6 Å². The molecule has 0 aliphatic carbocycles. The second kappa shape index (κ2) is 6.45. The molecular weight excluding hydrogens is 361 g/mol. The molecule has 0 spiro atoms. The Bertz CT molecular complexity index is 808. The molecule has 0 radical (unpaired) electrons. The molecular formula is C14H16ClF3N6O. The second-order valence-electron chi connectivity index (χ2n) is 5.74. The highest BCUT2D eigenvalue weighted by molar-refractivity contribution is 6.23. The normalized spacial score (nSPS) is 24.0. The summed E-state index contributed by atoms with van der Waals surface area (Å²) in [7, 11) is 1.67. The van der Waals surface area contributed by atoms with Crippen LogP contribution >= 0.6 is 11.6 Å². The van der Waals surface area contributed by atoms with Crippen LogP contribution < -0.4 is 21.9 Å². The molecule has 1 aliphatic rings. The number of benzene rings is 1. The summed E-state index contributed by atoms with van der Waals surface area (Å²) < 4.78 is 40.0. The number of hydrazine groups is 1. The first-order chi connectivity index (χ1) is 11.7. The molecule has 0 saturated carbocycles. The van der Waals surface area contributed by atoms with Crippen LogP contribution in [0.1, 0.15) is 11.4 Å². The molecule has 1 saturated heterocycles. The minimum Gasteiger partial charge on any atom is -0.347 e. The quantitative estimate of drug-likeness (QED) is 0.588. The molecule has 2 heterocycles. The van der Waals surface area contributed by atoms with Crippen LogP contribution in [0, 0.1) is 0 Å². The van der Waals surface area contributed by atoms with Crippen molar-refractivity contribution < 1.29 is 18.0 Å². The molecule has 1 fully saturated rings. The molecule has 1 aromatic carbocycles. The number of carbonyl (C=O) groups excluding carboxylic acids is 1. The Kier molecular flexibility index (Phi) is 4.62. The third kappa shape index (κ3) is 3.43. The van der Waals surface area contributed by atoms with Crippen LogP contribution in [0.2, 0.25) is 0 Å². The number of fused-ring (bicyclic) bond motifs is 1. The second-order valence-corrected chi connectivity index (χ2v) is 6.25. The van der Waals surface area contributed by atoms with Crippen molar-refractivity contribution in [3.05, 3.63) is 29.6 Å². The summed E-state index contributed by atoms with van der Waals surface area (Å²) >= 11 is 6.02. The highest BCUT2D eigenvalue weighted by atomic mass is 35.5. The van der Waals surface area contributed by atoms with Crippen LogP contribution in [0.3, 0.4) is 0 Å². The fraction of sp³-hybridized carbons (Fsp3) is 0.429. The highest BCUT2D eigenvalue weighted by Crippen LogP contribution is 2.31. The number of nitrogens with two attached hydrogens (primary N) is 1. The number of amides is 1. The molecule has 5 N–H and O–H groups in total. The topological polar surface area (TPSA) is 97.0 Å². The Morgan fingerprint density at radius 2 is 2.16 bits per heavy atom. The molecule has 11 heteroatoms. The molecule has 25 heavy (non-hydrogen) atoms. The van der Waals surface area contributed by atoms with Crippen molar-refractivity contribution in [2.75, 3.05) is 0 Å². The predicted octanol–water partition coefficient (Wildman–Crippen LogP) is 0.577. The highest BCUT2D eigenvalue weighted by Gasteiger charge is 2.37.